The average Bonchev–Trinajstić information content (AvgIpc) is 2.67. The smallest absolute Gasteiger partial charge is 0.105 e. The third-order valence-corrected chi connectivity index (χ3v) is 4.09. The summed E-state index contributed by atoms with van der Waals surface area (Å²) in [7, 11) is 4.31. The summed E-state index contributed by atoms with van der Waals surface area (Å²) in [6.07, 6.45) is 0.883. The normalized spacial score (nSPS) is 27.7. The lowest BCUT2D eigenvalue weighted by Gasteiger charge is -2.28. The molecule has 1 saturated heterocycles. The SMILES string of the molecule is CC(C)NC(C)(C#N)CCN1CC(C)C(N(C)C)C1. The number of hydrogen-bond donors (Lipinski definition) is 1. The Morgan fingerprint density at radius 3 is 2.47 bits per heavy atom. The van der Waals surface area contributed by atoms with Gasteiger partial charge in [0.15, 0.2) is 0 Å². The van der Waals surface area contributed by atoms with Crippen molar-refractivity contribution in [2.24, 2.45) is 5.92 Å². The van der Waals surface area contributed by atoms with Crippen molar-refractivity contribution in [3.63, 3.8) is 0 Å². The van der Waals surface area contributed by atoms with Gasteiger partial charge in [-0.3, -0.25) is 5.32 Å². The third-order valence-electron chi connectivity index (χ3n) is 4.09. The van der Waals surface area contributed by atoms with Crippen molar-refractivity contribution in [1.82, 2.24) is 15.1 Å². The second-order valence-electron chi connectivity index (χ2n) is 6.76. The molecule has 1 fully saturated rings. The molecule has 0 spiro atoms. The number of rotatable bonds is 6. The van der Waals surface area contributed by atoms with Crippen LogP contribution in [0.3, 0.4) is 0 Å². The molecule has 1 aliphatic heterocycles. The predicted molar refractivity (Wildman–Crippen MR) is 80.0 cm³/mol. The van der Waals surface area contributed by atoms with E-state index >= 15 is 0 Å². The van der Waals surface area contributed by atoms with Crippen molar-refractivity contribution in [2.75, 3.05) is 33.7 Å². The van der Waals surface area contributed by atoms with Gasteiger partial charge in [0, 0.05) is 31.7 Å². The zero-order valence-electron chi connectivity index (χ0n) is 13.4. The lowest BCUT2D eigenvalue weighted by atomic mass is 9.98. The first-order valence-corrected chi connectivity index (χ1v) is 7.35. The van der Waals surface area contributed by atoms with Crippen LogP contribution in [0.1, 0.15) is 34.1 Å². The van der Waals surface area contributed by atoms with Crippen molar-refractivity contribution in [2.45, 2.75) is 51.7 Å². The largest absolute Gasteiger partial charge is 0.305 e. The Bertz CT molecular complexity index is 321. The van der Waals surface area contributed by atoms with Crippen molar-refractivity contribution < 1.29 is 0 Å². The molecular formula is C15H30N4. The minimum atomic E-state index is -0.409. The van der Waals surface area contributed by atoms with Crippen LogP contribution in [0.25, 0.3) is 0 Å². The zero-order chi connectivity index (χ0) is 14.6. The quantitative estimate of drug-likeness (QED) is 0.792. The van der Waals surface area contributed by atoms with Gasteiger partial charge in [0.2, 0.25) is 0 Å². The van der Waals surface area contributed by atoms with E-state index in [0.29, 0.717) is 18.0 Å². The molecule has 3 unspecified atom stereocenters. The Balaban J connectivity index is 2.47. The summed E-state index contributed by atoms with van der Waals surface area (Å²) in [6, 6.07) is 3.42. The van der Waals surface area contributed by atoms with Crippen LogP contribution >= 0.6 is 0 Å². The van der Waals surface area contributed by atoms with Gasteiger partial charge in [0.25, 0.3) is 0 Å². The number of nitrogens with zero attached hydrogens (tertiary/aromatic N) is 3. The Morgan fingerprint density at radius 1 is 1.42 bits per heavy atom. The highest BCUT2D eigenvalue weighted by Crippen LogP contribution is 2.21. The van der Waals surface area contributed by atoms with E-state index in [2.05, 4.69) is 56.1 Å². The molecule has 19 heavy (non-hydrogen) atoms. The average molecular weight is 266 g/mol. The van der Waals surface area contributed by atoms with Crippen LogP contribution in [0.4, 0.5) is 0 Å². The van der Waals surface area contributed by atoms with E-state index < -0.39 is 5.54 Å². The molecule has 0 aromatic rings. The fraction of sp³-hybridized carbons (Fsp3) is 0.933. The van der Waals surface area contributed by atoms with Gasteiger partial charge in [-0.2, -0.15) is 5.26 Å². The minimum Gasteiger partial charge on any atom is -0.305 e. The molecule has 1 N–H and O–H groups in total. The number of nitrogens with one attached hydrogen (secondary N) is 1. The van der Waals surface area contributed by atoms with E-state index in [9.17, 15) is 5.26 Å². The highest BCUT2D eigenvalue weighted by Gasteiger charge is 2.32. The van der Waals surface area contributed by atoms with E-state index in [1.54, 1.807) is 0 Å². The van der Waals surface area contributed by atoms with E-state index in [1.807, 2.05) is 6.92 Å². The van der Waals surface area contributed by atoms with E-state index in [4.69, 9.17) is 0 Å². The summed E-state index contributed by atoms with van der Waals surface area (Å²) in [5, 5.41) is 12.7. The highest BCUT2D eigenvalue weighted by atomic mass is 15.2. The van der Waals surface area contributed by atoms with Crippen LogP contribution in [-0.2, 0) is 0 Å². The third kappa shape index (κ3) is 4.76. The first-order valence-electron chi connectivity index (χ1n) is 7.35. The predicted octanol–water partition coefficient (Wildman–Crippen LogP) is 1.54. The molecule has 1 heterocycles. The second-order valence-corrected chi connectivity index (χ2v) is 6.76. The molecule has 1 aliphatic rings. The first-order chi connectivity index (χ1) is 8.77. The maximum Gasteiger partial charge on any atom is 0.105 e. The fourth-order valence-electron chi connectivity index (χ4n) is 3.08. The summed E-state index contributed by atoms with van der Waals surface area (Å²) < 4.78 is 0. The van der Waals surface area contributed by atoms with Gasteiger partial charge in [0.05, 0.1) is 6.07 Å². The Morgan fingerprint density at radius 2 is 2.05 bits per heavy atom. The number of nitriles is 1. The molecule has 4 nitrogen and oxygen atoms in total. The summed E-state index contributed by atoms with van der Waals surface area (Å²) in [4.78, 5) is 4.81. The van der Waals surface area contributed by atoms with Crippen molar-refractivity contribution in [3.05, 3.63) is 0 Å². The topological polar surface area (TPSA) is 42.3 Å². The van der Waals surface area contributed by atoms with Crippen molar-refractivity contribution in [3.8, 4) is 6.07 Å². The maximum absolute atomic E-state index is 9.36. The van der Waals surface area contributed by atoms with Gasteiger partial charge in [-0.05, 0) is 47.2 Å². The molecule has 0 radical (unpaired) electrons. The molecule has 110 valence electrons. The monoisotopic (exact) mass is 266 g/mol. The van der Waals surface area contributed by atoms with Crippen LogP contribution in [-0.4, -0.2) is 61.2 Å². The number of hydrogen-bond acceptors (Lipinski definition) is 4. The van der Waals surface area contributed by atoms with Gasteiger partial charge in [-0.1, -0.05) is 6.92 Å². The molecule has 0 aliphatic carbocycles. The van der Waals surface area contributed by atoms with Crippen molar-refractivity contribution in [1.29, 1.82) is 5.26 Å². The van der Waals surface area contributed by atoms with Gasteiger partial charge < -0.3 is 9.80 Å². The van der Waals surface area contributed by atoms with Gasteiger partial charge in [-0.25, -0.2) is 0 Å². The summed E-state index contributed by atoms with van der Waals surface area (Å²) in [5.74, 6) is 0.710. The van der Waals surface area contributed by atoms with Crippen LogP contribution in [0, 0.1) is 17.2 Å². The minimum absolute atomic E-state index is 0.344. The lowest BCUT2D eigenvalue weighted by molar-refractivity contribution is 0.242. The van der Waals surface area contributed by atoms with Crippen molar-refractivity contribution >= 4 is 0 Å². The molecule has 4 heteroatoms. The van der Waals surface area contributed by atoms with Gasteiger partial charge in [0.1, 0.15) is 5.54 Å². The van der Waals surface area contributed by atoms with Crippen LogP contribution in [0.5, 0.6) is 0 Å². The maximum atomic E-state index is 9.36. The standard InChI is InChI=1S/C15H30N4/c1-12(2)17-15(4,11-16)7-8-19-9-13(3)14(10-19)18(5)6/h12-14,17H,7-10H2,1-6H3. The van der Waals surface area contributed by atoms with E-state index in [1.165, 1.54) is 0 Å². The molecular weight excluding hydrogens is 236 g/mol. The van der Waals surface area contributed by atoms with Gasteiger partial charge in [-0.15, -0.1) is 0 Å². The van der Waals surface area contributed by atoms with E-state index in [-0.39, 0.29) is 0 Å². The Labute approximate surface area is 118 Å². The highest BCUT2D eigenvalue weighted by molar-refractivity contribution is 5.05. The van der Waals surface area contributed by atoms with Gasteiger partial charge >= 0.3 is 0 Å². The summed E-state index contributed by atoms with van der Waals surface area (Å²) >= 11 is 0. The first kappa shape index (κ1) is 16.4. The lowest BCUT2D eigenvalue weighted by Crippen LogP contribution is -2.47. The summed E-state index contributed by atoms with van der Waals surface area (Å²) in [5.41, 5.74) is -0.409. The molecule has 0 aromatic heterocycles. The van der Waals surface area contributed by atoms with Crippen LogP contribution in [0.2, 0.25) is 0 Å². The Hall–Kier alpha value is -0.630. The molecule has 0 aromatic carbocycles. The van der Waals surface area contributed by atoms with E-state index in [0.717, 1.165) is 26.1 Å². The molecule has 0 saturated carbocycles. The summed E-state index contributed by atoms with van der Waals surface area (Å²) in [6.45, 7) is 11.8. The fourth-order valence-corrected chi connectivity index (χ4v) is 3.08. The number of likely N-dealkylation sites (tertiary alicyclic amines) is 1. The number of likely N-dealkylation sites (N-methyl/N-ethyl adjacent to an activating group) is 1. The van der Waals surface area contributed by atoms with Crippen LogP contribution < -0.4 is 5.32 Å². The molecule has 1 rings (SSSR count). The second kappa shape index (κ2) is 6.69. The Kier molecular flexibility index (Phi) is 5.79. The van der Waals surface area contributed by atoms with Crippen LogP contribution in [0.15, 0.2) is 0 Å². The molecule has 0 bridgehead atoms. The zero-order valence-corrected chi connectivity index (χ0v) is 13.4. The molecule has 0 amide bonds. The molecule has 3 atom stereocenters.